The normalized spacial score (nSPS) is 11.2. The second-order valence-corrected chi connectivity index (χ2v) is 4.59. The molecule has 0 radical (unpaired) electrons. The predicted octanol–water partition coefficient (Wildman–Crippen LogP) is 3.20. The van der Waals surface area contributed by atoms with Gasteiger partial charge >= 0.3 is 0 Å². The van der Waals surface area contributed by atoms with Crippen molar-refractivity contribution in [2.45, 2.75) is 33.1 Å². The van der Waals surface area contributed by atoms with E-state index in [-0.39, 0.29) is 5.41 Å². The number of benzene rings is 1. The highest BCUT2D eigenvalue weighted by Crippen LogP contribution is 2.27. The average Bonchev–Trinajstić information content (AvgIpc) is 2.16. The van der Waals surface area contributed by atoms with Crippen LogP contribution < -0.4 is 4.74 Å². The lowest BCUT2D eigenvalue weighted by Crippen LogP contribution is -2.11. The van der Waals surface area contributed by atoms with E-state index in [0.717, 1.165) is 17.6 Å². The Balaban J connectivity index is 3.17. The summed E-state index contributed by atoms with van der Waals surface area (Å²) in [6, 6.07) is 5.68. The predicted molar refractivity (Wildman–Crippen MR) is 61.7 cm³/mol. The summed E-state index contributed by atoms with van der Waals surface area (Å²) < 4.78 is 5.43. The molecule has 2 nitrogen and oxygen atoms in total. The zero-order valence-corrected chi connectivity index (χ0v) is 9.83. The summed E-state index contributed by atoms with van der Waals surface area (Å²) in [5, 5.41) is 0. The molecule has 0 atom stereocenters. The van der Waals surface area contributed by atoms with Gasteiger partial charge in [-0.25, -0.2) is 0 Å². The minimum absolute atomic E-state index is 0.0326. The van der Waals surface area contributed by atoms with Gasteiger partial charge in [0.15, 0.2) is 0 Å². The van der Waals surface area contributed by atoms with Gasteiger partial charge in [0.25, 0.3) is 0 Å². The van der Waals surface area contributed by atoms with Crippen LogP contribution in [-0.2, 0) is 5.41 Å². The van der Waals surface area contributed by atoms with E-state index >= 15 is 0 Å². The van der Waals surface area contributed by atoms with Crippen molar-refractivity contribution in [2.24, 2.45) is 0 Å². The zero-order valence-electron chi connectivity index (χ0n) is 9.83. The quantitative estimate of drug-likeness (QED) is 0.710. The van der Waals surface area contributed by atoms with Crippen molar-refractivity contribution in [1.29, 1.82) is 0 Å². The molecule has 2 heteroatoms. The third-order valence-electron chi connectivity index (χ3n) is 2.24. The molecule has 0 aromatic heterocycles. The molecule has 0 saturated heterocycles. The highest BCUT2D eigenvalue weighted by Gasteiger charge is 2.15. The number of carbonyl (C=O) groups is 1. The third-order valence-corrected chi connectivity index (χ3v) is 2.24. The van der Waals surface area contributed by atoms with Crippen LogP contribution in [-0.4, -0.2) is 12.9 Å². The van der Waals surface area contributed by atoms with Gasteiger partial charge in [-0.05, 0) is 36.1 Å². The van der Waals surface area contributed by atoms with E-state index in [0.29, 0.717) is 12.2 Å². The van der Waals surface area contributed by atoms with Crippen LogP contribution in [0.5, 0.6) is 5.75 Å². The molecule has 15 heavy (non-hydrogen) atoms. The topological polar surface area (TPSA) is 26.3 Å². The summed E-state index contributed by atoms with van der Waals surface area (Å²) in [7, 11) is 0. The van der Waals surface area contributed by atoms with E-state index in [1.165, 1.54) is 0 Å². The maximum atomic E-state index is 10.8. The fourth-order valence-electron chi connectivity index (χ4n) is 1.37. The number of ether oxygens (including phenoxy) is 1. The fourth-order valence-corrected chi connectivity index (χ4v) is 1.37. The lowest BCUT2D eigenvalue weighted by atomic mass is 9.86. The van der Waals surface area contributed by atoms with Gasteiger partial charge in [0, 0.05) is 5.56 Å². The maximum absolute atomic E-state index is 10.8. The van der Waals surface area contributed by atoms with E-state index in [1.54, 1.807) is 6.07 Å². The molecule has 0 heterocycles. The monoisotopic (exact) mass is 206 g/mol. The molecule has 82 valence electrons. The Morgan fingerprint density at radius 3 is 2.40 bits per heavy atom. The zero-order chi connectivity index (χ0) is 11.5. The molecular weight excluding hydrogens is 188 g/mol. The van der Waals surface area contributed by atoms with Gasteiger partial charge in [0.05, 0.1) is 6.61 Å². The molecule has 0 spiro atoms. The lowest BCUT2D eigenvalue weighted by molar-refractivity contribution is 0.112. The highest BCUT2D eigenvalue weighted by molar-refractivity contribution is 5.76. The van der Waals surface area contributed by atoms with Crippen molar-refractivity contribution in [2.75, 3.05) is 6.61 Å². The highest BCUT2D eigenvalue weighted by atomic mass is 16.5. The van der Waals surface area contributed by atoms with Gasteiger partial charge in [-0.3, -0.25) is 4.79 Å². The Morgan fingerprint density at radius 2 is 1.93 bits per heavy atom. The molecule has 1 aromatic rings. The van der Waals surface area contributed by atoms with Gasteiger partial charge in [0.1, 0.15) is 12.0 Å². The minimum atomic E-state index is 0.0326. The first-order valence-corrected chi connectivity index (χ1v) is 5.21. The maximum Gasteiger partial charge on any atom is 0.150 e. The third kappa shape index (κ3) is 3.08. The van der Waals surface area contributed by atoms with Crippen LogP contribution in [0.15, 0.2) is 18.2 Å². The summed E-state index contributed by atoms with van der Waals surface area (Å²) in [6.45, 7) is 8.90. The first-order chi connectivity index (χ1) is 6.97. The smallest absolute Gasteiger partial charge is 0.150 e. The Hall–Kier alpha value is -1.31. The number of aldehydes is 1. The SMILES string of the molecule is CCOc1cc(C=O)cc(C(C)(C)C)c1. The van der Waals surface area contributed by atoms with Crippen LogP contribution in [0.2, 0.25) is 0 Å². The molecule has 0 aliphatic rings. The van der Waals surface area contributed by atoms with Crippen molar-refractivity contribution in [3.8, 4) is 5.75 Å². The first-order valence-electron chi connectivity index (χ1n) is 5.21. The van der Waals surface area contributed by atoms with Crippen LogP contribution in [0.4, 0.5) is 0 Å². The van der Waals surface area contributed by atoms with Crippen molar-refractivity contribution in [3.63, 3.8) is 0 Å². The lowest BCUT2D eigenvalue weighted by Gasteiger charge is -2.20. The van der Waals surface area contributed by atoms with Crippen LogP contribution in [0.1, 0.15) is 43.6 Å². The summed E-state index contributed by atoms with van der Waals surface area (Å²) in [4.78, 5) is 10.8. The molecule has 1 rings (SSSR count). The Bertz CT molecular complexity index is 348. The molecule has 1 aromatic carbocycles. The number of hydrogen-bond acceptors (Lipinski definition) is 2. The summed E-state index contributed by atoms with van der Waals surface area (Å²) in [5.74, 6) is 0.770. The summed E-state index contributed by atoms with van der Waals surface area (Å²) in [5.41, 5.74) is 1.83. The second kappa shape index (κ2) is 4.47. The molecule has 0 saturated carbocycles. The molecule has 0 N–H and O–H groups in total. The summed E-state index contributed by atoms with van der Waals surface area (Å²) in [6.07, 6.45) is 0.859. The van der Waals surface area contributed by atoms with E-state index < -0.39 is 0 Å². The van der Waals surface area contributed by atoms with Crippen molar-refractivity contribution in [1.82, 2.24) is 0 Å². The van der Waals surface area contributed by atoms with Crippen molar-refractivity contribution < 1.29 is 9.53 Å². The van der Waals surface area contributed by atoms with Gasteiger partial charge < -0.3 is 4.74 Å². The second-order valence-electron chi connectivity index (χ2n) is 4.59. The average molecular weight is 206 g/mol. The Kier molecular flexibility index (Phi) is 3.51. The Labute approximate surface area is 91.3 Å². The molecule has 0 bridgehead atoms. The first kappa shape index (κ1) is 11.8. The number of carbonyl (C=O) groups excluding carboxylic acids is 1. The largest absolute Gasteiger partial charge is 0.494 e. The fraction of sp³-hybridized carbons (Fsp3) is 0.462. The molecular formula is C13H18O2. The Morgan fingerprint density at radius 1 is 1.27 bits per heavy atom. The standard InChI is InChI=1S/C13H18O2/c1-5-15-12-7-10(9-14)6-11(8-12)13(2,3)4/h6-9H,5H2,1-4H3. The number of rotatable bonds is 3. The van der Waals surface area contributed by atoms with E-state index in [2.05, 4.69) is 20.8 Å². The van der Waals surface area contributed by atoms with Gasteiger partial charge in [0.2, 0.25) is 0 Å². The molecule has 0 unspecified atom stereocenters. The van der Waals surface area contributed by atoms with Crippen LogP contribution in [0.25, 0.3) is 0 Å². The molecule has 0 aliphatic carbocycles. The van der Waals surface area contributed by atoms with E-state index in [4.69, 9.17) is 4.74 Å². The minimum Gasteiger partial charge on any atom is -0.494 e. The van der Waals surface area contributed by atoms with E-state index in [9.17, 15) is 4.79 Å². The number of hydrogen-bond donors (Lipinski definition) is 0. The van der Waals surface area contributed by atoms with Crippen LogP contribution >= 0.6 is 0 Å². The van der Waals surface area contributed by atoms with Crippen molar-refractivity contribution >= 4 is 6.29 Å². The molecule has 0 fully saturated rings. The van der Waals surface area contributed by atoms with Crippen LogP contribution in [0.3, 0.4) is 0 Å². The van der Waals surface area contributed by atoms with Crippen LogP contribution in [0, 0.1) is 0 Å². The summed E-state index contributed by atoms with van der Waals surface area (Å²) >= 11 is 0. The molecule has 0 aliphatic heterocycles. The van der Waals surface area contributed by atoms with Gasteiger partial charge in [-0.15, -0.1) is 0 Å². The van der Waals surface area contributed by atoms with E-state index in [1.807, 2.05) is 19.1 Å². The van der Waals surface area contributed by atoms with Gasteiger partial charge in [-0.2, -0.15) is 0 Å². The van der Waals surface area contributed by atoms with Crippen molar-refractivity contribution in [3.05, 3.63) is 29.3 Å². The molecule has 0 amide bonds. The van der Waals surface area contributed by atoms with Gasteiger partial charge in [-0.1, -0.05) is 20.8 Å².